The molecule has 94 valence electrons. The summed E-state index contributed by atoms with van der Waals surface area (Å²) in [5, 5.41) is 3.73. The van der Waals surface area contributed by atoms with Crippen molar-refractivity contribution < 1.29 is 0 Å². The lowest BCUT2D eigenvalue weighted by atomic mass is 9.98. The van der Waals surface area contributed by atoms with Crippen molar-refractivity contribution in [3.63, 3.8) is 0 Å². The van der Waals surface area contributed by atoms with E-state index in [0.29, 0.717) is 5.54 Å². The molecule has 2 aliphatic rings. The standard InChI is InChI=1S/C14H28N2/c1-4-14(3)11-16(10-8-13-5-6-13)12(2)7-9-15-14/h12-13,15H,4-11H2,1-3H3. The molecular weight excluding hydrogens is 196 g/mol. The summed E-state index contributed by atoms with van der Waals surface area (Å²) in [6, 6.07) is 0.764. The molecule has 0 aromatic carbocycles. The van der Waals surface area contributed by atoms with Crippen molar-refractivity contribution in [3.05, 3.63) is 0 Å². The van der Waals surface area contributed by atoms with E-state index in [1.807, 2.05) is 0 Å². The predicted octanol–water partition coefficient (Wildman–Crippen LogP) is 2.64. The van der Waals surface area contributed by atoms with Crippen molar-refractivity contribution in [2.75, 3.05) is 19.6 Å². The SMILES string of the molecule is CCC1(C)CN(CCC2CC2)C(C)CCN1. The van der Waals surface area contributed by atoms with Gasteiger partial charge in [-0.1, -0.05) is 19.8 Å². The van der Waals surface area contributed by atoms with Gasteiger partial charge in [0.2, 0.25) is 0 Å². The van der Waals surface area contributed by atoms with Crippen LogP contribution in [0.15, 0.2) is 0 Å². The van der Waals surface area contributed by atoms with Crippen LogP contribution in [0.2, 0.25) is 0 Å². The number of hydrogen-bond acceptors (Lipinski definition) is 2. The first-order valence-corrected chi connectivity index (χ1v) is 7.12. The first-order chi connectivity index (χ1) is 7.63. The van der Waals surface area contributed by atoms with Gasteiger partial charge in [0.1, 0.15) is 0 Å². The van der Waals surface area contributed by atoms with Gasteiger partial charge in [0.05, 0.1) is 0 Å². The van der Waals surface area contributed by atoms with Crippen LogP contribution in [0, 0.1) is 5.92 Å². The van der Waals surface area contributed by atoms with Gasteiger partial charge < -0.3 is 5.32 Å². The molecule has 0 aromatic rings. The zero-order valence-electron chi connectivity index (χ0n) is 11.3. The normalized spacial score (nSPS) is 37.3. The summed E-state index contributed by atoms with van der Waals surface area (Å²) in [5.74, 6) is 1.07. The number of rotatable bonds is 4. The smallest absolute Gasteiger partial charge is 0.0277 e. The van der Waals surface area contributed by atoms with E-state index in [9.17, 15) is 0 Å². The second kappa shape index (κ2) is 5.05. The summed E-state index contributed by atoms with van der Waals surface area (Å²) in [6.45, 7) is 10.8. The number of hydrogen-bond donors (Lipinski definition) is 1. The number of nitrogens with one attached hydrogen (secondary N) is 1. The molecule has 1 heterocycles. The third kappa shape index (κ3) is 3.21. The summed E-state index contributed by atoms with van der Waals surface area (Å²) >= 11 is 0. The summed E-state index contributed by atoms with van der Waals surface area (Å²) < 4.78 is 0. The quantitative estimate of drug-likeness (QED) is 0.790. The van der Waals surface area contributed by atoms with Gasteiger partial charge in [-0.05, 0) is 52.1 Å². The highest BCUT2D eigenvalue weighted by molar-refractivity contribution is 4.91. The average Bonchev–Trinajstić information content (AvgIpc) is 3.07. The summed E-state index contributed by atoms with van der Waals surface area (Å²) in [6.07, 6.45) is 6.96. The van der Waals surface area contributed by atoms with E-state index in [1.165, 1.54) is 51.7 Å². The molecule has 0 aromatic heterocycles. The maximum atomic E-state index is 3.73. The van der Waals surface area contributed by atoms with E-state index in [1.54, 1.807) is 0 Å². The van der Waals surface area contributed by atoms with Crippen LogP contribution < -0.4 is 5.32 Å². The van der Waals surface area contributed by atoms with Crippen LogP contribution in [0.1, 0.15) is 52.9 Å². The molecule has 1 saturated carbocycles. The van der Waals surface area contributed by atoms with Gasteiger partial charge in [-0.2, -0.15) is 0 Å². The first-order valence-electron chi connectivity index (χ1n) is 7.12. The Hall–Kier alpha value is -0.0800. The zero-order valence-corrected chi connectivity index (χ0v) is 11.3. The van der Waals surface area contributed by atoms with Gasteiger partial charge in [0.25, 0.3) is 0 Å². The molecule has 16 heavy (non-hydrogen) atoms. The minimum Gasteiger partial charge on any atom is -0.310 e. The molecular formula is C14H28N2. The Bertz CT molecular complexity index is 225. The fraction of sp³-hybridized carbons (Fsp3) is 1.00. The van der Waals surface area contributed by atoms with Crippen LogP contribution in [0.5, 0.6) is 0 Å². The van der Waals surface area contributed by atoms with E-state index in [4.69, 9.17) is 0 Å². The molecule has 1 N–H and O–H groups in total. The molecule has 0 bridgehead atoms. The van der Waals surface area contributed by atoms with Crippen LogP contribution in [-0.2, 0) is 0 Å². The first kappa shape index (κ1) is 12.4. The highest BCUT2D eigenvalue weighted by atomic mass is 15.2. The fourth-order valence-corrected chi connectivity index (χ4v) is 2.72. The minimum atomic E-state index is 0.342. The Kier molecular flexibility index (Phi) is 3.91. The Morgan fingerprint density at radius 3 is 2.69 bits per heavy atom. The Morgan fingerprint density at radius 2 is 2.06 bits per heavy atom. The predicted molar refractivity (Wildman–Crippen MR) is 69.7 cm³/mol. The second-order valence-corrected chi connectivity index (χ2v) is 6.18. The lowest BCUT2D eigenvalue weighted by Crippen LogP contribution is -2.49. The summed E-state index contributed by atoms with van der Waals surface area (Å²) in [4.78, 5) is 2.72. The molecule has 2 rings (SSSR count). The molecule has 1 aliphatic heterocycles. The second-order valence-electron chi connectivity index (χ2n) is 6.18. The van der Waals surface area contributed by atoms with Gasteiger partial charge in [0.15, 0.2) is 0 Å². The van der Waals surface area contributed by atoms with E-state index < -0.39 is 0 Å². The van der Waals surface area contributed by atoms with Crippen LogP contribution in [0.3, 0.4) is 0 Å². The maximum absolute atomic E-state index is 3.73. The highest BCUT2D eigenvalue weighted by Crippen LogP contribution is 2.33. The summed E-state index contributed by atoms with van der Waals surface area (Å²) in [5.41, 5.74) is 0.342. The molecule has 0 radical (unpaired) electrons. The van der Waals surface area contributed by atoms with Crippen LogP contribution in [0.4, 0.5) is 0 Å². The molecule has 2 unspecified atom stereocenters. The Balaban J connectivity index is 1.89. The van der Waals surface area contributed by atoms with Gasteiger partial charge in [-0.25, -0.2) is 0 Å². The van der Waals surface area contributed by atoms with Crippen molar-refractivity contribution in [1.29, 1.82) is 0 Å². The van der Waals surface area contributed by atoms with E-state index in [0.717, 1.165) is 12.0 Å². The largest absolute Gasteiger partial charge is 0.310 e. The average molecular weight is 224 g/mol. The number of nitrogens with zero attached hydrogens (tertiary/aromatic N) is 1. The fourth-order valence-electron chi connectivity index (χ4n) is 2.72. The monoisotopic (exact) mass is 224 g/mol. The molecule has 2 nitrogen and oxygen atoms in total. The van der Waals surface area contributed by atoms with Crippen molar-refractivity contribution in [1.82, 2.24) is 10.2 Å². The molecule has 1 saturated heterocycles. The van der Waals surface area contributed by atoms with Crippen LogP contribution in [-0.4, -0.2) is 36.1 Å². The van der Waals surface area contributed by atoms with Crippen molar-refractivity contribution in [2.24, 2.45) is 5.92 Å². The molecule has 0 spiro atoms. The topological polar surface area (TPSA) is 15.3 Å². The molecule has 2 heteroatoms. The molecule has 2 fully saturated rings. The maximum Gasteiger partial charge on any atom is 0.0277 e. The molecule has 0 amide bonds. The Labute approximate surface area is 101 Å². The van der Waals surface area contributed by atoms with Gasteiger partial charge in [-0.15, -0.1) is 0 Å². The Morgan fingerprint density at radius 1 is 1.31 bits per heavy atom. The van der Waals surface area contributed by atoms with E-state index in [2.05, 4.69) is 31.0 Å². The van der Waals surface area contributed by atoms with Gasteiger partial charge >= 0.3 is 0 Å². The summed E-state index contributed by atoms with van der Waals surface area (Å²) in [7, 11) is 0. The molecule has 2 atom stereocenters. The third-order valence-corrected chi connectivity index (χ3v) is 4.59. The van der Waals surface area contributed by atoms with Crippen LogP contribution in [0.25, 0.3) is 0 Å². The third-order valence-electron chi connectivity index (χ3n) is 4.59. The van der Waals surface area contributed by atoms with Gasteiger partial charge in [-0.3, -0.25) is 4.90 Å². The molecule has 1 aliphatic carbocycles. The minimum absolute atomic E-state index is 0.342. The lowest BCUT2D eigenvalue weighted by molar-refractivity contribution is 0.167. The van der Waals surface area contributed by atoms with Crippen LogP contribution >= 0.6 is 0 Å². The lowest BCUT2D eigenvalue weighted by Gasteiger charge is -2.35. The van der Waals surface area contributed by atoms with Crippen molar-refractivity contribution in [3.8, 4) is 0 Å². The van der Waals surface area contributed by atoms with Crippen molar-refractivity contribution in [2.45, 2.75) is 64.5 Å². The van der Waals surface area contributed by atoms with Gasteiger partial charge in [0, 0.05) is 18.1 Å². The highest BCUT2D eigenvalue weighted by Gasteiger charge is 2.31. The van der Waals surface area contributed by atoms with E-state index >= 15 is 0 Å². The zero-order chi connectivity index (χ0) is 11.6. The van der Waals surface area contributed by atoms with Crippen molar-refractivity contribution >= 4 is 0 Å². The van der Waals surface area contributed by atoms with E-state index in [-0.39, 0.29) is 0 Å².